The van der Waals surface area contributed by atoms with Crippen molar-refractivity contribution >= 4 is 43.7 Å². The highest BCUT2D eigenvalue weighted by Gasteiger charge is 2.38. The summed E-state index contributed by atoms with van der Waals surface area (Å²) in [6.07, 6.45) is -22.0. The molecule has 0 unspecified atom stereocenters. The van der Waals surface area contributed by atoms with Crippen LogP contribution in [0.25, 0.3) is 0 Å². The molecule has 0 heterocycles. The van der Waals surface area contributed by atoms with E-state index >= 15 is 0 Å². The van der Waals surface area contributed by atoms with Gasteiger partial charge in [0.2, 0.25) is 5.78 Å². The Labute approximate surface area is 315 Å². The van der Waals surface area contributed by atoms with Crippen molar-refractivity contribution in [2.24, 2.45) is 0 Å². The van der Waals surface area contributed by atoms with Gasteiger partial charge in [-0.05, 0) is 13.8 Å². The zero-order valence-corrected chi connectivity index (χ0v) is 30.4. The Bertz CT molecular complexity index is 1860. The van der Waals surface area contributed by atoms with Crippen LogP contribution < -0.4 is 21.9 Å². The molecular weight excluding hydrogens is 783 g/mol. The maximum atomic E-state index is 13.3. The zero-order valence-electron chi connectivity index (χ0n) is 29.6. The van der Waals surface area contributed by atoms with Gasteiger partial charge in [0.25, 0.3) is 0 Å². The summed E-state index contributed by atoms with van der Waals surface area (Å²) >= 11 is 0. The zero-order chi connectivity index (χ0) is 41.7. The monoisotopic (exact) mass is 816 g/mol. The molecule has 0 fully saturated rings. The van der Waals surface area contributed by atoms with Crippen LogP contribution in [0.1, 0.15) is 46.5 Å². The molecule has 0 saturated heterocycles. The van der Waals surface area contributed by atoms with Gasteiger partial charge in [-0.25, -0.2) is 0 Å². The molecule has 56 heavy (non-hydrogen) atoms. The number of benzene rings is 5. The third-order valence-corrected chi connectivity index (χ3v) is 12.4. The van der Waals surface area contributed by atoms with Crippen molar-refractivity contribution in [3.8, 4) is 0 Å². The molecule has 0 aliphatic rings. The number of Topliss-reactive ketones (excluding diaryl/α,β-unsaturated/α-hetero) is 1. The average molecular weight is 817 g/mol. The lowest BCUT2D eigenvalue weighted by Crippen LogP contribution is -2.74. The maximum Gasteiger partial charge on any atom is 0.416 e. The van der Waals surface area contributed by atoms with Crippen molar-refractivity contribution in [2.75, 3.05) is 17.3 Å². The fraction of sp³-hybridized carbons (Fsp3) is 0.225. The molecule has 0 aliphatic heterocycles. The molecule has 5 rings (SSSR count). The van der Waals surface area contributed by atoms with Crippen molar-refractivity contribution in [3.05, 3.63) is 155 Å². The van der Waals surface area contributed by atoms with Crippen LogP contribution in [0.4, 0.5) is 52.7 Å². The van der Waals surface area contributed by atoms with Crippen LogP contribution in [0.15, 0.2) is 127 Å². The number of alkyl halides is 12. The number of rotatable bonds is 9. The van der Waals surface area contributed by atoms with Crippen LogP contribution in [0, 0.1) is 0 Å². The molecule has 5 aromatic carbocycles. The lowest BCUT2D eigenvalue weighted by atomic mass is 9.13. The van der Waals surface area contributed by atoms with Gasteiger partial charge in [0.05, 0.1) is 32.2 Å². The molecule has 5 aromatic rings. The van der Waals surface area contributed by atoms with Crippen molar-refractivity contribution in [1.82, 2.24) is 0 Å². The van der Waals surface area contributed by atoms with Gasteiger partial charge in [-0.3, -0.25) is 4.79 Å². The highest BCUT2D eigenvalue weighted by molar-refractivity contribution is 8.03. The summed E-state index contributed by atoms with van der Waals surface area (Å²) in [5.41, 5.74) is -3.64. The van der Waals surface area contributed by atoms with Gasteiger partial charge in [-0.1, -0.05) is 127 Å². The quantitative estimate of drug-likeness (QED) is 0.0644. The SMILES string of the molecule is CC[S+](=O)(CC)CC(=O)c1ccccc1.FC(F)(F)c1ccc([B-](c2ccc(C(F)(F)F)cc2)(c2ccc(C(F)(F)F)cc2)c2ccc(C(F)(F)F)cc2)cc1. The molecule has 298 valence electrons. The summed E-state index contributed by atoms with van der Waals surface area (Å²) in [6, 6.07) is 22.6. The van der Waals surface area contributed by atoms with E-state index in [-0.39, 0.29) is 33.4 Å². The maximum absolute atomic E-state index is 13.3. The van der Waals surface area contributed by atoms with Crippen LogP contribution in [0.2, 0.25) is 0 Å². The second-order valence-corrected chi connectivity index (χ2v) is 16.2. The van der Waals surface area contributed by atoms with E-state index < -0.39 is 63.0 Å². The second kappa shape index (κ2) is 16.7. The molecule has 0 aromatic heterocycles. The van der Waals surface area contributed by atoms with Crippen molar-refractivity contribution in [2.45, 2.75) is 38.6 Å². The summed E-state index contributed by atoms with van der Waals surface area (Å²) in [7, 11) is -1.96. The minimum atomic E-state index is -4.77. The van der Waals surface area contributed by atoms with Gasteiger partial charge in [-0.15, -0.1) is 4.21 Å². The summed E-state index contributed by atoms with van der Waals surface area (Å²) in [5.74, 6) is 1.35. The molecule has 16 heteroatoms. The fourth-order valence-electron chi connectivity index (χ4n) is 6.35. The van der Waals surface area contributed by atoms with E-state index in [1.165, 1.54) is 0 Å². The Morgan fingerprint density at radius 3 is 0.911 bits per heavy atom. The highest BCUT2D eigenvalue weighted by Crippen LogP contribution is 2.32. The van der Waals surface area contributed by atoms with Crippen LogP contribution in [0.3, 0.4) is 0 Å². The molecule has 0 aliphatic carbocycles. The van der Waals surface area contributed by atoms with Gasteiger partial charge < -0.3 is 0 Å². The summed E-state index contributed by atoms with van der Waals surface area (Å²) in [6.45, 7) is 3.76. The summed E-state index contributed by atoms with van der Waals surface area (Å²) in [5, 5.41) is 0. The summed E-state index contributed by atoms with van der Waals surface area (Å²) in [4.78, 5) is 11.8. The molecule has 0 N–H and O–H groups in total. The van der Waals surface area contributed by atoms with Crippen LogP contribution in [-0.4, -0.2) is 29.2 Å². The van der Waals surface area contributed by atoms with E-state index in [1.54, 1.807) is 12.1 Å². The second-order valence-electron chi connectivity index (χ2n) is 12.8. The van der Waals surface area contributed by atoms with Crippen LogP contribution >= 0.6 is 0 Å². The topological polar surface area (TPSA) is 34.1 Å². The van der Waals surface area contributed by atoms with E-state index in [0.717, 1.165) is 48.5 Å². The van der Waals surface area contributed by atoms with Gasteiger partial charge in [-0.2, -0.15) is 74.5 Å². The Morgan fingerprint density at radius 1 is 0.446 bits per heavy atom. The van der Waals surface area contributed by atoms with E-state index in [0.29, 0.717) is 65.6 Å². The first-order valence-corrected chi connectivity index (χ1v) is 18.9. The Hall–Kier alpha value is -4.86. The number of hydrogen-bond acceptors (Lipinski definition) is 2. The Morgan fingerprint density at radius 2 is 0.696 bits per heavy atom. The van der Waals surface area contributed by atoms with E-state index in [2.05, 4.69) is 0 Å². The van der Waals surface area contributed by atoms with Gasteiger partial charge in [0.15, 0.2) is 5.75 Å². The first-order chi connectivity index (χ1) is 26.0. The first kappa shape index (κ1) is 43.9. The van der Waals surface area contributed by atoms with Crippen LogP contribution in [-0.2, 0) is 38.8 Å². The van der Waals surface area contributed by atoms with E-state index in [1.807, 2.05) is 32.0 Å². The fourth-order valence-corrected chi connectivity index (χ4v) is 7.81. The Kier molecular flexibility index (Phi) is 13.1. The van der Waals surface area contributed by atoms with Gasteiger partial charge >= 0.3 is 24.7 Å². The Balaban J connectivity index is 0.000000389. The molecule has 0 spiro atoms. The molecule has 0 atom stereocenters. The van der Waals surface area contributed by atoms with Crippen molar-refractivity contribution in [3.63, 3.8) is 0 Å². The molecule has 0 amide bonds. The lowest BCUT2D eigenvalue weighted by molar-refractivity contribution is -0.138. The largest absolute Gasteiger partial charge is 0.416 e. The van der Waals surface area contributed by atoms with Crippen LogP contribution in [0.5, 0.6) is 0 Å². The predicted molar refractivity (Wildman–Crippen MR) is 195 cm³/mol. The minimum Gasteiger partial charge on any atom is -0.289 e. The van der Waals surface area contributed by atoms with Crippen molar-refractivity contribution < 1.29 is 61.7 Å². The minimum absolute atomic E-state index is 0.00991. The number of hydrogen-bond donors (Lipinski definition) is 0. The molecular formula is C40H33BF12O2S. The number of carbonyl (C=O) groups is 1. The molecule has 0 bridgehead atoms. The third-order valence-electron chi connectivity index (χ3n) is 9.49. The molecule has 0 radical (unpaired) electrons. The predicted octanol–water partition coefficient (Wildman–Crippen LogP) is 9.55. The van der Waals surface area contributed by atoms with Crippen molar-refractivity contribution in [1.29, 1.82) is 0 Å². The third kappa shape index (κ3) is 10.1. The number of halogens is 12. The van der Waals surface area contributed by atoms with Gasteiger partial charge in [0, 0.05) is 5.56 Å². The smallest absolute Gasteiger partial charge is 0.289 e. The first-order valence-electron chi connectivity index (χ1n) is 16.9. The van der Waals surface area contributed by atoms with Gasteiger partial charge in [0.1, 0.15) is 17.7 Å². The summed E-state index contributed by atoms with van der Waals surface area (Å²) < 4.78 is 172. The average Bonchev–Trinajstić information content (AvgIpc) is 3.15. The molecule has 0 saturated carbocycles. The standard InChI is InChI=1S/C28H16BF12.C12H17O2S/c30-25(31,32)17-1-9-21(10-2-17)29(22-11-3-18(4-12-22)26(33,34)35,23-13-5-19(6-14-23)27(36,37)38)24-15-7-20(8-16-24)28(39,40)41;1-3-15(14,4-2)10-12(13)11-8-6-5-7-9-11/h1-16H;5-9H,3-4,10H2,1-2H3/q-1;+1. The highest BCUT2D eigenvalue weighted by atomic mass is 32.2. The normalized spacial score (nSPS) is 12.8. The molecule has 2 nitrogen and oxygen atoms in total. The number of carbonyl (C=O) groups excluding carboxylic acids is 1. The van der Waals surface area contributed by atoms with E-state index in [9.17, 15) is 61.7 Å². The van der Waals surface area contributed by atoms with E-state index in [4.69, 9.17) is 0 Å². The number of ketones is 1. The lowest BCUT2D eigenvalue weighted by Gasteiger charge is -2.44.